The van der Waals surface area contributed by atoms with Crippen LogP contribution in [0.5, 0.6) is 0 Å². The van der Waals surface area contributed by atoms with Gasteiger partial charge in [0.05, 0.1) is 0 Å². The molecule has 0 aromatic heterocycles. The minimum atomic E-state index is 0.350. The zero-order chi connectivity index (χ0) is 11.6. The van der Waals surface area contributed by atoms with Crippen LogP contribution in [0.25, 0.3) is 0 Å². The average molecular weight is 211 g/mol. The van der Waals surface area contributed by atoms with Gasteiger partial charge in [0, 0.05) is 0 Å². The van der Waals surface area contributed by atoms with Crippen molar-refractivity contribution in [3.63, 3.8) is 0 Å². The molecule has 0 fully saturated rings. The standard InChI is InChI=1S/C14H29N/c1-4-5-6-7-8-9-10-11-12-14(2,3)13-15/h4H,1,5-13,15H2,2-3H3. The van der Waals surface area contributed by atoms with Gasteiger partial charge in [-0.2, -0.15) is 0 Å². The molecule has 2 N–H and O–H groups in total. The van der Waals surface area contributed by atoms with Gasteiger partial charge in [-0.05, 0) is 31.2 Å². The first-order chi connectivity index (χ1) is 7.12. The van der Waals surface area contributed by atoms with Crippen molar-refractivity contribution >= 4 is 0 Å². The molecule has 0 unspecified atom stereocenters. The molecular weight excluding hydrogens is 182 g/mol. The van der Waals surface area contributed by atoms with Crippen LogP contribution < -0.4 is 5.73 Å². The van der Waals surface area contributed by atoms with Crippen molar-refractivity contribution in [3.8, 4) is 0 Å². The first-order valence-corrected chi connectivity index (χ1v) is 6.43. The number of allylic oxidation sites excluding steroid dienone is 1. The van der Waals surface area contributed by atoms with Crippen LogP contribution in [-0.2, 0) is 0 Å². The van der Waals surface area contributed by atoms with Crippen molar-refractivity contribution in [2.45, 2.75) is 65.2 Å². The van der Waals surface area contributed by atoms with E-state index in [0.717, 1.165) is 6.54 Å². The van der Waals surface area contributed by atoms with E-state index >= 15 is 0 Å². The Morgan fingerprint density at radius 3 is 2.07 bits per heavy atom. The molecule has 1 heteroatoms. The lowest BCUT2D eigenvalue weighted by Gasteiger charge is -2.21. The minimum absolute atomic E-state index is 0.350. The summed E-state index contributed by atoms with van der Waals surface area (Å²) in [7, 11) is 0. The van der Waals surface area contributed by atoms with Crippen LogP contribution in [0.1, 0.15) is 65.2 Å². The van der Waals surface area contributed by atoms with Gasteiger partial charge in [0.15, 0.2) is 0 Å². The third kappa shape index (κ3) is 9.99. The zero-order valence-electron chi connectivity index (χ0n) is 10.7. The highest BCUT2D eigenvalue weighted by atomic mass is 14.6. The number of hydrogen-bond donors (Lipinski definition) is 1. The minimum Gasteiger partial charge on any atom is -0.330 e. The fraction of sp³-hybridized carbons (Fsp3) is 0.857. The second kappa shape index (κ2) is 8.96. The van der Waals surface area contributed by atoms with Crippen molar-refractivity contribution in [1.82, 2.24) is 0 Å². The molecular formula is C14H29N. The Hall–Kier alpha value is -0.300. The summed E-state index contributed by atoms with van der Waals surface area (Å²) < 4.78 is 0. The van der Waals surface area contributed by atoms with Gasteiger partial charge in [-0.25, -0.2) is 0 Å². The van der Waals surface area contributed by atoms with Gasteiger partial charge in [0.2, 0.25) is 0 Å². The molecule has 15 heavy (non-hydrogen) atoms. The molecule has 90 valence electrons. The molecule has 0 aliphatic carbocycles. The fourth-order valence-corrected chi connectivity index (χ4v) is 1.70. The van der Waals surface area contributed by atoms with E-state index < -0.39 is 0 Å². The van der Waals surface area contributed by atoms with Crippen LogP contribution in [0.15, 0.2) is 12.7 Å². The third-order valence-corrected chi connectivity index (χ3v) is 3.06. The number of hydrogen-bond acceptors (Lipinski definition) is 1. The maximum absolute atomic E-state index is 5.69. The van der Waals surface area contributed by atoms with Crippen molar-refractivity contribution in [1.29, 1.82) is 0 Å². The summed E-state index contributed by atoms with van der Waals surface area (Å²) >= 11 is 0. The molecule has 0 saturated carbocycles. The monoisotopic (exact) mass is 211 g/mol. The average Bonchev–Trinajstić information content (AvgIpc) is 2.22. The predicted molar refractivity (Wildman–Crippen MR) is 70.0 cm³/mol. The highest BCUT2D eigenvalue weighted by Gasteiger charge is 2.13. The van der Waals surface area contributed by atoms with Gasteiger partial charge in [-0.1, -0.05) is 52.0 Å². The first-order valence-electron chi connectivity index (χ1n) is 6.43. The normalized spacial score (nSPS) is 11.7. The molecule has 0 spiro atoms. The molecule has 0 aromatic rings. The van der Waals surface area contributed by atoms with Gasteiger partial charge in [0.1, 0.15) is 0 Å². The third-order valence-electron chi connectivity index (χ3n) is 3.06. The molecule has 0 amide bonds. The van der Waals surface area contributed by atoms with Gasteiger partial charge in [0.25, 0.3) is 0 Å². The highest BCUT2D eigenvalue weighted by Crippen LogP contribution is 2.22. The van der Waals surface area contributed by atoms with Crippen molar-refractivity contribution < 1.29 is 0 Å². The van der Waals surface area contributed by atoms with Crippen LogP contribution in [0.3, 0.4) is 0 Å². The van der Waals surface area contributed by atoms with Crippen molar-refractivity contribution in [3.05, 3.63) is 12.7 Å². The smallest absolute Gasteiger partial charge is 0.00258 e. The van der Waals surface area contributed by atoms with E-state index in [2.05, 4.69) is 20.4 Å². The lowest BCUT2D eigenvalue weighted by Crippen LogP contribution is -2.23. The molecule has 0 saturated heterocycles. The summed E-state index contributed by atoms with van der Waals surface area (Å²) in [5.41, 5.74) is 6.04. The quantitative estimate of drug-likeness (QED) is 0.423. The van der Waals surface area contributed by atoms with Gasteiger partial charge in [-0.15, -0.1) is 6.58 Å². The van der Waals surface area contributed by atoms with Crippen molar-refractivity contribution in [2.75, 3.05) is 6.54 Å². The van der Waals surface area contributed by atoms with E-state index in [1.807, 2.05) is 6.08 Å². The van der Waals surface area contributed by atoms with Gasteiger partial charge < -0.3 is 5.73 Å². The number of unbranched alkanes of at least 4 members (excludes halogenated alkanes) is 6. The molecule has 0 aliphatic heterocycles. The Bertz CT molecular complexity index is 149. The Labute approximate surface area is 96.1 Å². The predicted octanol–water partition coefficient (Wildman–Crippen LogP) is 4.28. The summed E-state index contributed by atoms with van der Waals surface area (Å²) in [5.74, 6) is 0. The lowest BCUT2D eigenvalue weighted by molar-refractivity contribution is 0.330. The van der Waals surface area contributed by atoms with Gasteiger partial charge in [-0.3, -0.25) is 0 Å². The van der Waals surface area contributed by atoms with Crippen LogP contribution in [0.4, 0.5) is 0 Å². The Kier molecular flexibility index (Phi) is 8.79. The molecule has 0 heterocycles. The number of rotatable bonds is 10. The van der Waals surface area contributed by atoms with E-state index in [1.165, 1.54) is 51.4 Å². The SMILES string of the molecule is C=CCCCCCCCCC(C)(C)CN. The summed E-state index contributed by atoms with van der Waals surface area (Å²) in [5, 5.41) is 0. The fourth-order valence-electron chi connectivity index (χ4n) is 1.70. The lowest BCUT2D eigenvalue weighted by atomic mass is 9.87. The van der Waals surface area contributed by atoms with Crippen molar-refractivity contribution in [2.24, 2.45) is 11.1 Å². The maximum Gasteiger partial charge on any atom is -0.00258 e. The molecule has 0 bridgehead atoms. The van der Waals surface area contributed by atoms with Gasteiger partial charge >= 0.3 is 0 Å². The molecule has 0 radical (unpaired) electrons. The van der Waals surface area contributed by atoms with E-state index in [1.54, 1.807) is 0 Å². The molecule has 0 atom stereocenters. The van der Waals surface area contributed by atoms with Crippen LogP contribution in [0.2, 0.25) is 0 Å². The molecule has 0 rings (SSSR count). The number of nitrogens with two attached hydrogens (primary N) is 1. The molecule has 1 nitrogen and oxygen atoms in total. The second-order valence-electron chi connectivity index (χ2n) is 5.32. The second-order valence-corrected chi connectivity index (χ2v) is 5.32. The Balaban J connectivity index is 3.14. The molecule has 0 aromatic carbocycles. The summed E-state index contributed by atoms with van der Waals surface area (Å²) in [6.45, 7) is 9.07. The molecule has 0 aliphatic rings. The van der Waals surface area contributed by atoms with E-state index in [-0.39, 0.29) is 0 Å². The Morgan fingerprint density at radius 2 is 1.53 bits per heavy atom. The summed E-state index contributed by atoms with van der Waals surface area (Å²) in [6.07, 6.45) is 12.6. The summed E-state index contributed by atoms with van der Waals surface area (Å²) in [4.78, 5) is 0. The van der Waals surface area contributed by atoms with E-state index in [0.29, 0.717) is 5.41 Å². The largest absolute Gasteiger partial charge is 0.330 e. The van der Waals surface area contributed by atoms with Crippen LogP contribution >= 0.6 is 0 Å². The van der Waals surface area contributed by atoms with E-state index in [4.69, 9.17) is 5.73 Å². The van der Waals surface area contributed by atoms with Crippen LogP contribution in [-0.4, -0.2) is 6.54 Å². The maximum atomic E-state index is 5.69. The van der Waals surface area contributed by atoms with E-state index in [9.17, 15) is 0 Å². The first kappa shape index (κ1) is 14.7. The zero-order valence-corrected chi connectivity index (χ0v) is 10.7. The topological polar surface area (TPSA) is 26.0 Å². The summed E-state index contributed by atoms with van der Waals surface area (Å²) in [6, 6.07) is 0. The Morgan fingerprint density at radius 1 is 1.00 bits per heavy atom. The van der Waals surface area contributed by atoms with Crippen LogP contribution in [0, 0.1) is 5.41 Å². The highest BCUT2D eigenvalue weighted by molar-refractivity contribution is 4.69.